The molecule has 0 aliphatic heterocycles. The number of benzene rings is 3. The number of esters is 2. The van der Waals surface area contributed by atoms with Gasteiger partial charge in [0.25, 0.3) is 0 Å². The van der Waals surface area contributed by atoms with E-state index in [0.717, 1.165) is 18.3 Å². The van der Waals surface area contributed by atoms with Crippen molar-refractivity contribution in [1.29, 1.82) is 0 Å². The maximum absolute atomic E-state index is 13.0. The number of ether oxygens (including phenoxy) is 2. The van der Waals surface area contributed by atoms with Gasteiger partial charge in [-0.1, -0.05) is 76.2 Å². The molecule has 12 heteroatoms. The van der Waals surface area contributed by atoms with Crippen LogP contribution in [0.1, 0.15) is 33.1 Å². The molecular formula is C35H45N3O6PS2+. The van der Waals surface area contributed by atoms with Crippen molar-refractivity contribution in [2.24, 2.45) is 5.73 Å². The van der Waals surface area contributed by atoms with Crippen molar-refractivity contribution in [3.63, 3.8) is 0 Å². The van der Waals surface area contributed by atoms with Gasteiger partial charge in [-0.25, -0.2) is 0 Å². The second-order valence-electron chi connectivity index (χ2n) is 10.5. The number of nitrogens with two attached hydrogens (primary N) is 1. The summed E-state index contributed by atoms with van der Waals surface area (Å²) in [5.74, 6) is -0.931. The van der Waals surface area contributed by atoms with Crippen molar-refractivity contribution in [1.82, 2.24) is 10.6 Å². The number of hydrogen-bond acceptors (Lipinski definition) is 9. The summed E-state index contributed by atoms with van der Waals surface area (Å²) in [6.07, 6.45) is 1.93. The van der Waals surface area contributed by atoms with E-state index in [1.807, 2.05) is 18.2 Å². The molecule has 2 amide bonds. The van der Waals surface area contributed by atoms with E-state index in [-0.39, 0.29) is 38.4 Å². The molecule has 3 aromatic rings. The fraction of sp³-hybridized carbons (Fsp3) is 0.371. The van der Waals surface area contributed by atoms with Gasteiger partial charge in [0, 0.05) is 17.9 Å². The summed E-state index contributed by atoms with van der Waals surface area (Å²) in [4.78, 5) is 49.4. The van der Waals surface area contributed by atoms with Gasteiger partial charge in [-0.05, 0) is 63.1 Å². The molecule has 4 N–H and O–H groups in total. The van der Waals surface area contributed by atoms with Crippen LogP contribution in [0.5, 0.6) is 0 Å². The second kappa shape index (κ2) is 20.8. The number of hydrogen-bond donors (Lipinski definition) is 3. The molecule has 47 heavy (non-hydrogen) atoms. The van der Waals surface area contributed by atoms with Gasteiger partial charge in [0.1, 0.15) is 41.8 Å². The van der Waals surface area contributed by atoms with Crippen LogP contribution >= 0.6 is 28.9 Å². The standard InChI is InChI=1S/C35H44N3O6PS2/c1-3-43-33(40)25-37-34(41)31(38-32(39)22-21-30(36)35(42)44-4-2)26-47-46-24-14-23-45(27-15-8-5-9-16-27,28-17-10-6-11-18-28)29-19-12-7-13-20-29/h5-13,15-20,30-31H,3-4,14,21-26,36H2,1-2H3,(H-,37,38,39,41)/p+1. The summed E-state index contributed by atoms with van der Waals surface area (Å²) in [5.41, 5.74) is 5.83. The average Bonchev–Trinajstić information content (AvgIpc) is 3.10. The van der Waals surface area contributed by atoms with Crippen molar-refractivity contribution >= 4 is 68.5 Å². The molecule has 0 aliphatic carbocycles. The van der Waals surface area contributed by atoms with E-state index in [2.05, 4.69) is 83.4 Å². The molecule has 2 atom stereocenters. The van der Waals surface area contributed by atoms with Gasteiger partial charge in [0.2, 0.25) is 11.8 Å². The molecule has 0 radical (unpaired) electrons. The van der Waals surface area contributed by atoms with E-state index in [0.29, 0.717) is 0 Å². The van der Waals surface area contributed by atoms with Crippen LogP contribution in [0.15, 0.2) is 91.0 Å². The number of amides is 2. The Balaban J connectivity index is 1.65. The highest BCUT2D eigenvalue weighted by atomic mass is 33.1. The predicted octanol–water partition coefficient (Wildman–Crippen LogP) is 3.59. The highest BCUT2D eigenvalue weighted by Gasteiger charge is 2.44. The predicted molar refractivity (Wildman–Crippen MR) is 195 cm³/mol. The van der Waals surface area contributed by atoms with Gasteiger partial charge in [-0.15, -0.1) is 0 Å². The van der Waals surface area contributed by atoms with E-state index in [4.69, 9.17) is 15.2 Å². The van der Waals surface area contributed by atoms with Crippen molar-refractivity contribution in [3.8, 4) is 0 Å². The fourth-order valence-corrected chi connectivity index (χ4v) is 11.8. The van der Waals surface area contributed by atoms with E-state index in [1.54, 1.807) is 24.6 Å². The molecular weight excluding hydrogens is 654 g/mol. The maximum Gasteiger partial charge on any atom is 0.325 e. The van der Waals surface area contributed by atoms with Gasteiger partial charge in [-0.2, -0.15) is 0 Å². The van der Waals surface area contributed by atoms with Crippen LogP contribution in [-0.2, 0) is 28.7 Å². The van der Waals surface area contributed by atoms with Gasteiger partial charge in [0.05, 0.1) is 19.4 Å². The molecule has 9 nitrogen and oxygen atoms in total. The number of carbonyl (C=O) groups excluding carboxylic acids is 4. The second-order valence-corrected chi connectivity index (χ2v) is 16.8. The summed E-state index contributed by atoms with van der Waals surface area (Å²) in [6.45, 7) is 3.46. The van der Waals surface area contributed by atoms with Crippen molar-refractivity contribution in [2.45, 2.75) is 45.2 Å². The minimum atomic E-state index is -1.94. The summed E-state index contributed by atoms with van der Waals surface area (Å²) in [5, 5.41) is 9.29. The van der Waals surface area contributed by atoms with Crippen molar-refractivity contribution in [3.05, 3.63) is 91.0 Å². The normalized spacial score (nSPS) is 12.4. The van der Waals surface area contributed by atoms with Gasteiger partial charge >= 0.3 is 11.9 Å². The summed E-state index contributed by atoms with van der Waals surface area (Å²) in [7, 11) is 1.19. The van der Waals surface area contributed by atoms with Crippen LogP contribution in [0.3, 0.4) is 0 Å². The summed E-state index contributed by atoms with van der Waals surface area (Å²) >= 11 is 0. The monoisotopic (exact) mass is 698 g/mol. The molecule has 3 aromatic carbocycles. The summed E-state index contributed by atoms with van der Waals surface area (Å²) in [6, 6.07) is 30.3. The number of rotatable bonds is 20. The van der Waals surface area contributed by atoms with Crippen molar-refractivity contribution < 1.29 is 28.7 Å². The molecule has 0 bridgehead atoms. The number of carbonyl (C=O) groups is 4. The molecule has 0 aromatic heterocycles. The van der Waals surface area contributed by atoms with Gasteiger partial charge < -0.3 is 25.8 Å². The third-order valence-electron chi connectivity index (χ3n) is 7.27. The topological polar surface area (TPSA) is 137 Å². The minimum Gasteiger partial charge on any atom is -0.465 e. The Morgan fingerprint density at radius 3 is 1.83 bits per heavy atom. The molecule has 3 rings (SSSR count). The van der Waals surface area contributed by atoms with Crippen LogP contribution in [0.25, 0.3) is 0 Å². The van der Waals surface area contributed by atoms with Crippen LogP contribution in [0.2, 0.25) is 0 Å². The zero-order valence-electron chi connectivity index (χ0n) is 27.0. The van der Waals surface area contributed by atoms with Crippen LogP contribution in [-0.4, -0.2) is 73.3 Å². The lowest BCUT2D eigenvalue weighted by Gasteiger charge is -2.27. The highest BCUT2D eigenvalue weighted by Crippen LogP contribution is 2.56. The lowest BCUT2D eigenvalue weighted by molar-refractivity contribution is -0.145. The van der Waals surface area contributed by atoms with Crippen molar-refractivity contribution in [2.75, 3.05) is 37.4 Å². The molecule has 0 heterocycles. The Labute approximate surface area is 286 Å². The minimum absolute atomic E-state index is 0.0519. The van der Waals surface area contributed by atoms with E-state index in [9.17, 15) is 19.2 Å². The average molecular weight is 699 g/mol. The first-order valence-electron chi connectivity index (χ1n) is 15.8. The first-order chi connectivity index (χ1) is 22.8. The Morgan fingerprint density at radius 2 is 1.32 bits per heavy atom. The lowest BCUT2D eigenvalue weighted by Crippen LogP contribution is -2.49. The zero-order valence-corrected chi connectivity index (χ0v) is 29.5. The molecule has 2 unspecified atom stereocenters. The largest absolute Gasteiger partial charge is 0.465 e. The van der Waals surface area contributed by atoms with Crippen LogP contribution < -0.4 is 32.3 Å². The number of nitrogens with one attached hydrogen (secondary N) is 2. The van der Waals surface area contributed by atoms with E-state index < -0.39 is 43.1 Å². The fourth-order valence-electron chi connectivity index (χ4n) is 5.02. The van der Waals surface area contributed by atoms with Gasteiger partial charge in [-0.3, -0.25) is 19.2 Å². The maximum atomic E-state index is 13.0. The third kappa shape index (κ3) is 12.0. The molecule has 0 fully saturated rings. The first kappa shape index (κ1) is 38.1. The van der Waals surface area contributed by atoms with E-state index in [1.165, 1.54) is 26.7 Å². The Hall–Kier alpha value is -3.37. The van der Waals surface area contributed by atoms with Crippen LogP contribution in [0.4, 0.5) is 0 Å². The quantitative estimate of drug-likeness (QED) is 0.0700. The molecule has 0 aliphatic rings. The molecule has 252 valence electrons. The Bertz CT molecular complexity index is 1310. The Morgan fingerprint density at radius 1 is 0.787 bits per heavy atom. The lowest BCUT2D eigenvalue weighted by atomic mass is 10.1. The van der Waals surface area contributed by atoms with Crippen LogP contribution in [0, 0.1) is 0 Å². The molecule has 0 spiro atoms. The smallest absolute Gasteiger partial charge is 0.325 e. The van der Waals surface area contributed by atoms with E-state index >= 15 is 0 Å². The summed E-state index contributed by atoms with van der Waals surface area (Å²) < 4.78 is 9.81. The molecule has 0 saturated carbocycles. The molecule has 0 saturated heterocycles. The Kier molecular flexibility index (Phi) is 16.8. The zero-order chi connectivity index (χ0) is 33.9. The van der Waals surface area contributed by atoms with Gasteiger partial charge in [0.15, 0.2) is 0 Å². The first-order valence-corrected chi connectivity index (χ1v) is 20.2. The SMILES string of the molecule is CCOC(=O)CNC(=O)C(CSSCCC[P+](c1ccccc1)(c1ccccc1)c1ccccc1)NC(=O)CCC(N)C(=O)OCC. The highest BCUT2D eigenvalue weighted by molar-refractivity contribution is 8.76. The third-order valence-corrected chi connectivity index (χ3v) is 14.3.